The molecule has 1 aromatic heterocycles. The van der Waals surface area contributed by atoms with Crippen molar-refractivity contribution < 1.29 is 12.8 Å². The first kappa shape index (κ1) is 15.4. The molecular formula is C12H11FN4O2S2. The minimum atomic E-state index is -4.06. The molecule has 110 valence electrons. The van der Waals surface area contributed by atoms with E-state index < -0.39 is 20.7 Å². The van der Waals surface area contributed by atoms with Gasteiger partial charge in [0.15, 0.2) is 0 Å². The van der Waals surface area contributed by atoms with Gasteiger partial charge in [0, 0.05) is 17.1 Å². The predicted molar refractivity (Wildman–Crippen MR) is 77.8 cm³/mol. The van der Waals surface area contributed by atoms with E-state index in [1.165, 1.54) is 6.07 Å². The molecule has 3 N–H and O–H groups in total. The predicted octanol–water partition coefficient (Wildman–Crippen LogP) is 1.10. The van der Waals surface area contributed by atoms with Crippen molar-refractivity contribution in [3.8, 4) is 11.8 Å². The Morgan fingerprint density at radius 1 is 1.48 bits per heavy atom. The molecule has 0 aliphatic carbocycles. The first-order valence-electron chi connectivity index (χ1n) is 5.74. The summed E-state index contributed by atoms with van der Waals surface area (Å²) in [7, 11) is -4.06. The summed E-state index contributed by atoms with van der Waals surface area (Å²) in [6.45, 7) is 1.76. The van der Waals surface area contributed by atoms with Crippen LogP contribution in [0.15, 0.2) is 23.1 Å². The lowest BCUT2D eigenvalue weighted by Crippen LogP contribution is -2.14. The van der Waals surface area contributed by atoms with Crippen molar-refractivity contribution in [3.05, 3.63) is 35.4 Å². The largest absolute Gasteiger partial charge is 0.320 e. The highest BCUT2D eigenvalue weighted by Gasteiger charge is 2.20. The van der Waals surface area contributed by atoms with Crippen LogP contribution in [0.4, 0.5) is 9.52 Å². The van der Waals surface area contributed by atoms with Gasteiger partial charge in [0.25, 0.3) is 10.0 Å². The van der Waals surface area contributed by atoms with E-state index >= 15 is 0 Å². The van der Waals surface area contributed by atoms with E-state index in [1.54, 1.807) is 6.92 Å². The van der Waals surface area contributed by atoms with Gasteiger partial charge in [-0.3, -0.25) is 4.72 Å². The van der Waals surface area contributed by atoms with Crippen molar-refractivity contribution in [2.45, 2.75) is 11.8 Å². The highest BCUT2D eigenvalue weighted by atomic mass is 32.2. The zero-order valence-corrected chi connectivity index (χ0v) is 12.6. The minimum absolute atomic E-state index is 0.0823. The topological polar surface area (TPSA) is 98.0 Å². The molecule has 0 radical (unpaired) electrons. The van der Waals surface area contributed by atoms with Crippen LogP contribution in [0, 0.1) is 24.6 Å². The molecule has 6 nitrogen and oxygen atoms in total. The molecule has 9 heteroatoms. The second kappa shape index (κ2) is 6.17. The van der Waals surface area contributed by atoms with E-state index in [0.717, 1.165) is 23.7 Å². The summed E-state index contributed by atoms with van der Waals surface area (Å²) in [5.41, 5.74) is 5.57. The number of sulfonamides is 1. The molecule has 0 atom stereocenters. The lowest BCUT2D eigenvalue weighted by atomic mass is 10.2. The molecule has 0 fully saturated rings. The number of aryl methyl sites for hydroxylation is 1. The number of nitrogens with zero attached hydrogens (tertiary/aromatic N) is 2. The normalized spacial score (nSPS) is 10.8. The van der Waals surface area contributed by atoms with Crippen LogP contribution in [-0.4, -0.2) is 24.3 Å². The Morgan fingerprint density at radius 2 is 2.24 bits per heavy atom. The van der Waals surface area contributed by atoms with Crippen LogP contribution in [0.5, 0.6) is 0 Å². The number of hydrogen-bond donors (Lipinski definition) is 2. The van der Waals surface area contributed by atoms with Crippen LogP contribution in [-0.2, 0) is 10.0 Å². The van der Waals surface area contributed by atoms with Crippen LogP contribution < -0.4 is 10.5 Å². The number of rotatable bonds is 3. The van der Waals surface area contributed by atoms with E-state index in [1.807, 2.05) is 0 Å². The fourth-order valence-corrected chi connectivity index (χ4v) is 3.32. The van der Waals surface area contributed by atoms with Gasteiger partial charge in [-0.25, -0.2) is 17.8 Å². The highest BCUT2D eigenvalue weighted by Crippen LogP contribution is 2.20. The number of anilines is 1. The Kier molecular flexibility index (Phi) is 4.52. The Hall–Kier alpha value is -2.02. The molecule has 2 rings (SSSR count). The van der Waals surface area contributed by atoms with Gasteiger partial charge in [-0.05, 0) is 25.1 Å². The first-order valence-corrected chi connectivity index (χ1v) is 7.99. The Labute approximate surface area is 125 Å². The smallest absolute Gasteiger partial charge is 0.266 e. The van der Waals surface area contributed by atoms with E-state index in [-0.39, 0.29) is 11.7 Å². The molecule has 0 amide bonds. The Bertz CT molecular complexity index is 821. The summed E-state index contributed by atoms with van der Waals surface area (Å²) in [6.07, 6.45) is 0. The molecule has 0 bridgehead atoms. The lowest BCUT2D eigenvalue weighted by Gasteiger charge is -2.06. The maximum absolute atomic E-state index is 13.9. The van der Waals surface area contributed by atoms with Gasteiger partial charge in [0.1, 0.15) is 16.5 Å². The molecule has 2 aromatic rings. The molecule has 0 aliphatic rings. The van der Waals surface area contributed by atoms with E-state index in [2.05, 4.69) is 25.9 Å². The number of hydrogen-bond acceptors (Lipinski definition) is 6. The molecule has 0 unspecified atom stereocenters. The number of nitrogens with one attached hydrogen (secondary N) is 1. The molecule has 0 saturated carbocycles. The zero-order valence-electron chi connectivity index (χ0n) is 10.9. The van der Waals surface area contributed by atoms with Crippen molar-refractivity contribution in [2.75, 3.05) is 11.3 Å². The summed E-state index contributed by atoms with van der Waals surface area (Å²) < 4.78 is 44.1. The van der Waals surface area contributed by atoms with Gasteiger partial charge in [-0.15, -0.1) is 0 Å². The van der Waals surface area contributed by atoms with Gasteiger partial charge in [-0.1, -0.05) is 11.8 Å². The third kappa shape index (κ3) is 3.75. The molecule has 0 saturated heterocycles. The second-order valence-electron chi connectivity index (χ2n) is 3.90. The first-order chi connectivity index (χ1) is 9.92. The van der Waals surface area contributed by atoms with E-state index in [4.69, 9.17) is 5.73 Å². The minimum Gasteiger partial charge on any atom is -0.320 e. The quantitative estimate of drug-likeness (QED) is 0.823. The summed E-state index contributed by atoms with van der Waals surface area (Å²) in [5, 5.41) is 0.0823. The Balaban J connectivity index is 2.32. The maximum Gasteiger partial charge on any atom is 0.266 e. The van der Waals surface area contributed by atoms with Crippen LogP contribution in [0.3, 0.4) is 0 Å². The van der Waals surface area contributed by atoms with Gasteiger partial charge in [0.2, 0.25) is 5.13 Å². The molecule has 21 heavy (non-hydrogen) atoms. The van der Waals surface area contributed by atoms with Crippen LogP contribution in [0.1, 0.15) is 11.4 Å². The molecule has 1 heterocycles. The number of aromatic nitrogens is 2. The van der Waals surface area contributed by atoms with E-state index in [9.17, 15) is 12.8 Å². The highest BCUT2D eigenvalue weighted by molar-refractivity contribution is 7.93. The van der Waals surface area contributed by atoms with Gasteiger partial charge >= 0.3 is 0 Å². The third-order valence-electron chi connectivity index (χ3n) is 2.31. The summed E-state index contributed by atoms with van der Waals surface area (Å²) in [5.74, 6) is 4.73. The van der Waals surface area contributed by atoms with Gasteiger partial charge in [0.05, 0.1) is 6.54 Å². The van der Waals surface area contributed by atoms with E-state index in [0.29, 0.717) is 11.4 Å². The average molecular weight is 326 g/mol. The number of nitrogens with two attached hydrogens (primary N) is 1. The number of halogens is 1. The summed E-state index contributed by atoms with van der Waals surface area (Å²) in [4.78, 5) is 3.39. The Morgan fingerprint density at radius 3 is 2.81 bits per heavy atom. The zero-order chi connectivity index (χ0) is 15.5. The third-order valence-corrected chi connectivity index (χ3v) is 4.53. The monoisotopic (exact) mass is 326 g/mol. The van der Waals surface area contributed by atoms with Crippen molar-refractivity contribution >= 4 is 26.7 Å². The van der Waals surface area contributed by atoms with Crippen molar-refractivity contribution in [3.63, 3.8) is 0 Å². The summed E-state index contributed by atoms with van der Waals surface area (Å²) >= 11 is 0.881. The van der Waals surface area contributed by atoms with Crippen LogP contribution in [0.2, 0.25) is 0 Å². The molecule has 0 spiro atoms. The van der Waals surface area contributed by atoms with Gasteiger partial charge in [-0.2, -0.15) is 4.37 Å². The van der Waals surface area contributed by atoms with Crippen LogP contribution in [0.25, 0.3) is 0 Å². The maximum atomic E-state index is 13.9. The fourth-order valence-electron chi connectivity index (χ4n) is 1.46. The fraction of sp³-hybridized carbons (Fsp3) is 0.167. The second-order valence-corrected chi connectivity index (χ2v) is 6.31. The molecule has 1 aromatic carbocycles. The lowest BCUT2D eigenvalue weighted by molar-refractivity contribution is 0.570. The van der Waals surface area contributed by atoms with Gasteiger partial charge < -0.3 is 5.73 Å². The van der Waals surface area contributed by atoms with Crippen molar-refractivity contribution in [1.29, 1.82) is 0 Å². The van der Waals surface area contributed by atoms with Crippen molar-refractivity contribution in [2.24, 2.45) is 5.73 Å². The molecular weight excluding hydrogens is 315 g/mol. The number of benzene rings is 1. The molecule has 0 aliphatic heterocycles. The van der Waals surface area contributed by atoms with Crippen LogP contribution >= 0.6 is 11.5 Å². The SMILES string of the molecule is Cc1nsc(NS(=O)(=O)c2ccc(C#CCN)cc2F)n1. The van der Waals surface area contributed by atoms with Crippen molar-refractivity contribution in [1.82, 2.24) is 9.36 Å². The summed E-state index contributed by atoms with van der Waals surface area (Å²) in [6, 6.07) is 3.60. The average Bonchev–Trinajstić information content (AvgIpc) is 2.80. The standard InChI is InChI=1S/C12H11FN4O2S2/c1-8-15-12(20-16-8)17-21(18,19)11-5-4-9(3-2-6-14)7-10(11)13/h4-5,7H,6,14H2,1H3,(H,15,16,17).